The van der Waals surface area contributed by atoms with E-state index in [2.05, 4.69) is 0 Å². The number of carboxylic acid groups (broad SMARTS) is 1. The number of carboxylic acids is 1. The first kappa shape index (κ1) is 16.2. The molecule has 1 N–H and O–H groups in total. The highest BCUT2D eigenvalue weighted by atomic mass is 19.1. The molecule has 122 valence electrons. The molecule has 2 aromatic carbocycles. The van der Waals surface area contributed by atoms with Gasteiger partial charge in [-0.1, -0.05) is 18.2 Å². The van der Waals surface area contributed by atoms with Gasteiger partial charge in [0.25, 0.3) is 0 Å². The summed E-state index contributed by atoms with van der Waals surface area (Å²) in [5.74, 6) is -1.45. The Labute approximate surface area is 143 Å². The molecule has 1 heterocycles. The molecular weight excluding hydrogens is 319 g/mol. The van der Waals surface area contributed by atoms with Crippen LogP contribution < -0.4 is 0 Å². The molecule has 4 nitrogen and oxygen atoms in total. The second-order valence-electron chi connectivity index (χ2n) is 5.30. The van der Waals surface area contributed by atoms with Crippen LogP contribution in [0.25, 0.3) is 17.3 Å². The SMILES string of the molecule is N#C/C(=C/c1cccn1-c1ccc(C(=O)O)cc1)c1ccccc1F. The number of nitrogens with zero attached hydrogens (tertiary/aromatic N) is 2. The molecule has 5 heteroatoms. The van der Waals surface area contributed by atoms with Gasteiger partial charge in [-0.2, -0.15) is 5.26 Å². The van der Waals surface area contributed by atoms with Crippen LogP contribution in [0.5, 0.6) is 0 Å². The third kappa shape index (κ3) is 3.33. The van der Waals surface area contributed by atoms with Crippen LogP contribution in [0.15, 0.2) is 66.9 Å². The van der Waals surface area contributed by atoms with E-state index >= 15 is 0 Å². The topological polar surface area (TPSA) is 66.0 Å². The summed E-state index contributed by atoms with van der Waals surface area (Å²) in [6.07, 6.45) is 3.39. The van der Waals surface area contributed by atoms with Crippen molar-refractivity contribution in [2.75, 3.05) is 0 Å². The van der Waals surface area contributed by atoms with Gasteiger partial charge in [-0.05, 0) is 48.5 Å². The van der Waals surface area contributed by atoms with Crippen molar-refractivity contribution in [3.05, 3.63) is 89.5 Å². The number of rotatable bonds is 4. The third-order valence-electron chi connectivity index (χ3n) is 3.75. The molecule has 0 bridgehead atoms. The summed E-state index contributed by atoms with van der Waals surface area (Å²) in [5.41, 5.74) is 2.06. The number of hydrogen-bond acceptors (Lipinski definition) is 2. The lowest BCUT2D eigenvalue weighted by Crippen LogP contribution is -1.99. The van der Waals surface area contributed by atoms with Gasteiger partial charge in [0.05, 0.1) is 17.2 Å². The number of hydrogen-bond donors (Lipinski definition) is 1. The van der Waals surface area contributed by atoms with E-state index < -0.39 is 11.8 Å². The van der Waals surface area contributed by atoms with E-state index in [1.807, 2.05) is 6.07 Å². The van der Waals surface area contributed by atoms with Crippen LogP contribution in [0.4, 0.5) is 4.39 Å². The summed E-state index contributed by atoms with van der Waals surface area (Å²) in [4.78, 5) is 11.0. The average molecular weight is 332 g/mol. The lowest BCUT2D eigenvalue weighted by molar-refractivity contribution is 0.0697. The Kier molecular flexibility index (Phi) is 4.44. The molecule has 0 aliphatic heterocycles. The van der Waals surface area contributed by atoms with Crippen molar-refractivity contribution < 1.29 is 14.3 Å². The van der Waals surface area contributed by atoms with Crippen LogP contribution in [0.3, 0.4) is 0 Å². The second-order valence-corrected chi connectivity index (χ2v) is 5.30. The molecule has 25 heavy (non-hydrogen) atoms. The van der Waals surface area contributed by atoms with Crippen LogP contribution in [-0.2, 0) is 0 Å². The summed E-state index contributed by atoms with van der Waals surface area (Å²) >= 11 is 0. The smallest absolute Gasteiger partial charge is 0.335 e. The third-order valence-corrected chi connectivity index (χ3v) is 3.75. The standard InChI is InChI=1S/C20H13FN2O2/c21-19-6-2-1-5-18(19)15(13-22)12-17-4-3-11-23(17)16-9-7-14(8-10-16)20(24)25/h1-12H,(H,24,25)/b15-12-. The molecular formula is C20H13FN2O2. The van der Waals surface area contributed by atoms with Gasteiger partial charge in [0, 0.05) is 23.1 Å². The number of aromatic nitrogens is 1. The molecule has 0 spiro atoms. The monoisotopic (exact) mass is 332 g/mol. The fourth-order valence-electron chi connectivity index (χ4n) is 2.51. The summed E-state index contributed by atoms with van der Waals surface area (Å²) in [5, 5.41) is 18.4. The number of aromatic carboxylic acids is 1. The fraction of sp³-hybridized carbons (Fsp3) is 0. The fourth-order valence-corrected chi connectivity index (χ4v) is 2.51. The Hall–Kier alpha value is -3.65. The van der Waals surface area contributed by atoms with Gasteiger partial charge in [0.15, 0.2) is 0 Å². The second kappa shape index (κ2) is 6.85. The van der Waals surface area contributed by atoms with Crippen molar-refractivity contribution in [3.63, 3.8) is 0 Å². The Morgan fingerprint density at radius 3 is 2.44 bits per heavy atom. The predicted molar refractivity (Wildman–Crippen MR) is 92.6 cm³/mol. The van der Waals surface area contributed by atoms with E-state index in [-0.39, 0.29) is 16.7 Å². The molecule has 0 aliphatic carbocycles. The lowest BCUT2D eigenvalue weighted by atomic mass is 10.1. The average Bonchev–Trinajstić information content (AvgIpc) is 3.08. The first-order valence-corrected chi connectivity index (χ1v) is 7.48. The lowest BCUT2D eigenvalue weighted by Gasteiger charge is -2.08. The summed E-state index contributed by atoms with van der Waals surface area (Å²) < 4.78 is 15.7. The van der Waals surface area contributed by atoms with Crippen LogP contribution in [0, 0.1) is 17.1 Å². The van der Waals surface area contributed by atoms with Gasteiger partial charge in [-0.25, -0.2) is 9.18 Å². The first-order chi connectivity index (χ1) is 12.1. The van der Waals surface area contributed by atoms with E-state index in [1.165, 1.54) is 18.2 Å². The summed E-state index contributed by atoms with van der Waals surface area (Å²) in [7, 11) is 0. The molecule has 0 saturated heterocycles. The zero-order valence-electron chi connectivity index (χ0n) is 13.1. The molecule has 0 fully saturated rings. The van der Waals surface area contributed by atoms with E-state index in [0.29, 0.717) is 5.69 Å². The maximum absolute atomic E-state index is 13.9. The number of benzene rings is 2. The van der Waals surface area contributed by atoms with Crippen LogP contribution in [0.1, 0.15) is 21.6 Å². The van der Waals surface area contributed by atoms with E-state index in [1.54, 1.807) is 59.3 Å². The van der Waals surface area contributed by atoms with Crippen molar-refractivity contribution in [1.82, 2.24) is 4.57 Å². The van der Waals surface area contributed by atoms with Gasteiger partial charge in [0.1, 0.15) is 5.82 Å². The molecule has 1 aromatic heterocycles. The molecule has 0 aliphatic rings. The minimum Gasteiger partial charge on any atom is -0.478 e. The van der Waals surface area contributed by atoms with Gasteiger partial charge >= 0.3 is 5.97 Å². The van der Waals surface area contributed by atoms with Crippen LogP contribution >= 0.6 is 0 Å². The quantitative estimate of drug-likeness (QED) is 0.721. The Bertz CT molecular complexity index is 995. The first-order valence-electron chi connectivity index (χ1n) is 7.48. The van der Waals surface area contributed by atoms with Crippen molar-refractivity contribution in [1.29, 1.82) is 5.26 Å². The number of carbonyl (C=O) groups is 1. The van der Waals surface area contributed by atoms with E-state index in [0.717, 1.165) is 5.69 Å². The van der Waals surface area contributed by atoms with Gasteiger partial charge in [-0.3, -0.25) is 0 Å². The van der Waals surface area contributed by atoms with E-state index in [4.69, 9.17) is 5.11 Å². The van der Waals surface area contributed by atoms with Crippen LogP contribution in [0.2, 0.25) is 0 Å². The predicted octanol–water partition coefficient (Wildman–Crippen LogP) is 4.38. The number of allylic oxidation sites excluding steroid dienone is 1. The Balaban J connectivity index is 2.03. The highest BCUT2D eigenvalue weighted by Crippen LogP contribution is 2.22. The normalized spacial score (nSPS) is 11.1. The van der Waals surface area contributed by atoms with Crippen molar-refractivity contribution >= 4 is 17.6 Å². The number of halogens is 1. The number of nitriles is 1. The van der Waals surface area contributed by atoms with Gasteiger partial charge in [0.2, 0.25) is 0 Å². The largest absolute Gasteiger partial charge is 0.478 e. The maximum Gasteiger partial charge on any atom is 0.335 e. The van der Waals surface area contributed by atoms with Gasteiger partial charge in [-0.15, -0.1) is 0 Å². The minimum atomic E-state index is -0.995. The van der Waals surface area contributed by atoms with Gasteiger partial charge < -0.3 is 9.67 Å². The molecule has 0 saturated carbocycles. The zero-order chi connectivity index (χ0) is 17.8. The zero-order valence-corrected chi connectivity index (χ0v) is 13.1. The summed E-state index contributed by atoms with van der Waals surface area (Å²) in [6, 6.07) is 18.1. The molecule has 3 aromatic rings. The molecule has 3 rings (SSSR count). The molecule has 0 amide bonds. The highest BCUT2D eigenvalue weighted by molar-refractivity contribution is 5.90. The Morgan fingerprint density at radius 2 is 1.80 bits per heavy atom. The van der Waals surface area contributed by atoms with Crippen LogP contribution in [-0.4, -0.2) is 15.6 Å². The summed E-state index contributed by atoms with van der Waals surface area (Å²) in [6.45, 7) is 0. The Morgan fingerprint density at radius 1 is 1.08 bits per heavy atom. The minimum absolute atomic E-state index is 0.192. The molecule has 0 radical (unpaired) electrons. The van der Waals surface area contributed by atoms with Crippen molar-refractivity contribution in [3.8, 4) is 11.8 Å². The van der Waals surface area contributed by atoms with E-state index in [9.17, 15) is 14.4 Å². The maximum atomic E-state index is 13.9. The molecule has 0 unspecified atom stereocenters. The molecule has 0 atom stereocenters. The van der Waals surface area contributed by atoms with Crippen molar-refractivity contribution in [2.45, 2.75) is 0 Å². The van der Waals surface area contributed by atoms with Crippen molar-refractivity contribution in [2.24, 2.45) is 0 Å². The highest BCUT2D eigenvalue weighted by Gasteiger charge is 2.09.